The van der Waals surface area contributed by atoms with Crippen LogP contribution in [-0.4, -0.2) is 48.1 Å². The zero-order valence-corrected chi connectivity index (χ0v) is 13.8. The third-order valence-electron chi connectivity index (χ3n) is 4.42. The lowest BCUT2D eigenvalue weighted by Crippen LogP contribution is -2.47. The van der Waals surface area contributed by atoms with E-state index in [1.54, 1.807) is 7.11 Å². The van der Waals surface area contributed by atoms with Crippen molar-refractivity contribution in [1.82, 2.24) is 4.90 Å². The van der Waals surface area contributed by atoms with Crippen molar-refractivity contribution < 1.29 is 19.4 Å². The van der Waals surface area contributed by atoms with Crippen LogP contribution in [-0.2, 0) is 9.59 Å². The normalized spacial score (nSPS) is 17.5. The molecule has 0 spiro atoms. The first-order valence-corrected chi connectivity index (χ1v) is 7.84. The van der Waals surface area contributed by atoms with Gasteiger partial charge in [0.1, 0.15) is 5.75 Å². The summed E-state index contributed by atoms with van der Waals surface area (Å²) in [4.78, 5) is 25.5. The Balaban J connectivity index is 1.98. The van der Waals surface area contributed by atoms with Crippen LogP contribution < -0.4 is 10.1 Å². The lowest BCUT2D eigenvalue weighted by atomic mass is 9.96. The number of hydrogen-bond acceptors (Lipinski definition) is 4. The largest absolute Gasteiger partial charge is 0.495 e. The summed E-state index contributed by atoms with van der Waals surface area (Å²) in [6, 6.07) is 5.32. The molecule has 23 heavy (non-hydrogen) atoms. The fourth-order valence-electron chi connectivity index (χ4n) is 2.86. The third-order valence-corrected chi connectivity index (χ3v) is 4.42. The van der Waals surface area contributed by atoms with Crippen molar-refractivity contribution in [3.63, 3.8) is 0 Å². The molecule has 2 N–H and O–H groups in total. The highest BCUT2D eigenvalue weighted by Gasteiger charge is 2.29. The quantitative estimate of drug-likeness (QED) is 0.869. The van der Waals surface area contributed by atoms with E-state index < -0.39 is 5.97 Å². The second-order valence-corrected chi connectivity index (χ2v) is 6.02. The highest BCUT2D eigenvalue weighted by atomic mass is 16.5. The molecule has 6 nitrogen and oxygen atoms in total. The fraction of sp³-hybridized carbons (Fsp3) is 0.529. The molecule has 0 saturated carbocycles. The minimum Gasteiger partial charge on any atom is -0.495 e. The van der Waals surface area contributed by atoms with E-state index in [4.69, 9.17) is 9.84 Å². The SMILES string of the molecule is COc1ccc(C)cc1NC(=O)C(C)N1CCC(C(=O)O)CC1. The van der Waals surface area contributed by atoms with Gasteiger partial charge in [0.15, 0.2) is 0 Å². The van der Waals surface area contributed by atoms with Crippen LogP contribution in [0.25, 0.3) is 0 Å². The summed E-state index contributed by atoms with van der Waals surface area (Å²) in [7, 11) is 1.57. The molecule has 1 amide bonds. The minimum atomic E-state index is -0.744. The maximum absolute atomic E-state index is 12.5. The molecule has 1 unspecified atom stereocenters. The van der Waals surface area contributed by atoms with Crippen molar-refractivity contribution in [2.45, 2.75) is 32.7 Å². The van der Waals surface area contributed by atoms with Crippen molar-refractivity contribution >= 4 is 17.6 Å². The van der Waals surface area contributed by atoms with Gasteiger partial charge < -0.3 is 15.2 Å². The Morgan fingerprint density at radius 3 is 2.57 bits per heavy atom. The number of aliphatic carboxylic acids is 1. The van der Waals surface area contributed by atoms with E-state index >= 15 is 0 Å². The number of piperidine rings is 1. The highest BCUT2D eigenvalue weighted by molar-refractivity contribution is 5.96. The average Bonchev–Trinajstić information content (AvgIpc) is 2.54. The first-order valence-electron chi connectivity index (χ1n) is 7.84. The average molecular weight is 320 g/mol. The molecule has 1 heterocycles. The summed E-state index contributed by atoms with van der Waals surface area (Å²) in [5.41, 5.74) is 1.70. The molecule has 6 heteroatoms. The number of carbonyl (C=O) groups excluding carboxylic acids is 1. The van der Waals surface area contributed by atoms with Crippen molar-refractivity contribution in [2.75, 3.05) is 25.5 Å². The van der Waals surface area contributed by atoms with Crippen LogP contribution in [0.2, 0.25) is 0 Å². The maximum atomic E-state index is 12.5. The number of methoxy groups -OCH3 is 1. The summed E-state index contributed by atoms with van der Waals surface area (Å²) in [5, 5.41) is 12.0. The summed E-state index contributed by atoms with van der Waals surface area (Å²) in [6.45, 7) is 5.04. The van der Waals surface area contributed by atoms with Crippen LogP contribution >= 0.6 is 0 Å². The van der Waals surface area contributed by atoms with E-state index in [1.165, 1.54) is 0 Å². The first-order chi connectivity index (χ1) is 10.9. The van der Waals surface area contributed by atoms with Gasteiger partial charge in [0, 0.05) is 0 Å². The molecule has 1 saturated heterocycles. The van der Waals surface area contributed by atoms with Gasteiger partial charge in [-0.05, 0) is 57.5 Å². The van der Waals surface area contributed by atoms with Gasteiger partial charge >= 0.3 is 5.97 Å². The number of carboxylic acids is 1. The van der Waals surface area contributed by atoms with Gasteiger partial charge in [0.2, 0.25) is 5.91 Å². The Morgan fingerprint density at radius 1 is 1.35 bits per heavy atom. The van der Waals surface area contributed by atoms with Crippen LogP contribution in [0.15, 0.2) is 18.2 Å². The number of anilines is 1. The Morgan fingerprint density at radius 2 is 2.00 bits per heavy atom. The van der Waals surface area contributed by atoms with Gasteiger partial charge in [-0.2, -0.15) is 0 Å². The zero-order chi connectivity index (χ0) is 17.0. The Hall–Kier alpha value is -2.08. The number of carboxylic acid groups (broad SMARTS) is 1. The number of benzene rings is 1. The molecular weight excluding hydrogens is 296 g/mol. The molecule has 1 fully saturated rings. The van der Waals surface area contributed by atoms with Crippen LogP contribution in [0.1, 0.15) is 25.3 Å². The number of hydrogen-bond donors (Lipinski definition) is 2. The lowest BCUT2D eigenvalue weighted by molar-refractivity contribution is -0.143. The predicted octanol–water partition coefficient (Wildman–Crippen LogP) is 2.13. The Kier molecular flexibility index (Phi) is 5.60. The van der Waals surface area contributed by atoms with Crippen molar-refractivity contribution in [3.8, 4) is 5.75 Å². The van der Waals surface area contributed by atoms with Gasteiger partial charge in [0.25, 0.3) is 0 Å². The number of likely N-dealkylation sites (tertiary alicyclic amines) is 1. The lowest BCUT2D eigenvalue weighted by Gasteiger charge is -2.33. The van der Waals surface area contributed by atoms with E-state index in [2.05, 4.69) is 5.32 Å². The van der Waals surface area contributed by atoms with Gasteiger partial charge in [-0.25, -0.2) is 0 Å². The second kappa shape index (κ2) is 7.46. The minimum absolute atomic E-state index is 0.109. The molecule has 1 aliphatic heterocycles. The van der Waals surface area contributed by atoms with Crippen molar-refractivity contribution in [3.05, 3.63) is 23.8 Å². The van der Waals surface area contributed by atoms with Gasteiger partial charge in [0.05, 0.1) is 24.8 Å². The topological polar surface area (TPSA) is 78.9 Å². The Labute approximate surface area is 136 Å². The number of ether oxygens (including phenoxy) is 1. The highest BCUT2D eigenvalue weighted by Crippen LogP contribution is 2.26. The fourth-order valence-corrected chi connectivity index (χ4v) is 2.86. The molecule has 1 aromatic rings. The second-order valence-electron chi connectivity index (χ2n) is 6.02. The number of nitrogens with one attached hydrogen (secondary N) is 1. The zero-order valence-electron chi connectivity index (χ0n) is 13.8. The monoisotopic (exact) mass is 320 g/mol. The summed E-state index contributed by atoms with van der Waals surface area (Å²) < 4.78 is 5.27. The summed E-state index contributed by atoms with van der Waals surface area (Å²) in [6.07, 6.45) is 1.17. The molecular formula is C17H24N2O4. The summed E-state index contributed by atoms with van der Waals surface area (Å²) >= 11 is 0. The van der Waals surface area contributed by atoms with Crippen LogP contribution in [0.5, 0.6) is 5.75 Å². The number of amides is 1. The standard InChI is InChI=1S/C17H24N2O4/c1-11-4-5-15(23-3)14(10-11)18-16(20)12(2)19-8-6-13(7-9-19)17(21)22/h4-5,10,12-13H,6-9H2,1-3H3,(H,18,20)(H,21,22). The van der Waals surface area contributed by atoms with Crippen LogP contribution in [0.4, 0.5) is 5.69 Å². The van der Waals surface area contributed by atoms with Crippen molar-refractivity contribution in [1.29, 1.82) is 0 Å². The van der Waals surface area contributed by atoms with Gasteiger partial charge in [-0.15, -0.1) is 0 Å². The van der Waals surface area contributed by atoms with Gasteiger partial charge in [-0.3, -0.25) is 14.5 Å². The number of nitrogens with zero attached hydrogens (tertiary/aromatic N) is 1. The number of rotatable bonds is 5. The van der Waals surface area contributed by atoms with Crippen LogP contribution in [0, 0.1) is 12.8 Å². The number of aryl methyl sites for hydroxylation is 1. The molecule has 1 aliphatic rings. The first kappa shape index (κ1) is 17.3. The van der Waals surface area contributed by atoms with E-state index in [-0.39, 0.29) is 17.9 Å². The molecule has 1 atom stereocenters. The molecule has 1 aromatic carbocycles. The number of carbonyl (C=O) groups is 2. The summed E-state index contributed by atoms with van der Waals surface area (Å²) in [5.74, 6) is -0.520. The maximum Gasteiger partial charge on any atom is 0.306 e. The van der Waals surface area contributed by atoms with Gasteiger partial charge in [-0.1, -0.05) is 6.07 Å². The molecule has 0 bridgehead atoms. The van der Waals surface area contributed by atoms with E-state index in [1.807, 2.05) is 36.9 Å². The molecule has 0 aliphatic carbocycles. The molecule has 2 rings (SSSR count). The van der Waals surface area contributed by atoms with E-state index in [0.29, 0.717) is 37.4 Å². The Bertz CT molecular complexity index is 580. The third kappa shape index (κ3) is 4.22. The predicted molar refractivity (Wildman–Crippen MR) is 87.8 cm³/mol. The van der Waals surface area contributed by atoms with E-state index in [9.17, 15) is 9.59 Å². The van der Waals surface area contributed by atoms with E-state index in [0.717, 1.165) is 5.56 Å². The van der Waals surface area contributed by atoms with Crippen molar-refractivity contribution in [2.24, 2.45) is 5.92 Å². The molecule has 126 valence electrons. The molecule has 0 aromatic heterocycles. The van der Waals surface area contributed by atoms with Crippen LogP contribution in [0.3, 0.4) is 0 Å². The molecule has 0 radical (unpaired) electrons. The smallest absolute Gasteiger partial charge is 0.306 e.